The molecular formula is C21H18BrN3O2S2. The molecule has 148 valence electrons. The molecule has 8 heteroatoms. The Balaban J connectivity index is 1.39. The molecule has 0 spiro atoms. The van der Waals surface area contributed by atoms with Crippen LogP contribution in [0.25, 0.3) is 10.6 Å². The van der Waals surface area contributed by atoms with E-state index in [1.165, 1.54) is 0 Å². The summed E-state index contributed by atoms with van der Waals surface area (Å²) in [6, 6.07) is 16.7. The van der Waals surface area contributed by atoms with E-state index in [2.05, 4.69) is 26.2 Å². The van der Waals surface area contributed by atoms with Crippen molar-refractivity contribution in [2.45, 2.75) is 12.6 Å². The molecule has 2 amide bonds. The predicted octanol–water partition coefficient (Wildman–Crippen LogP) is 4.40. The van der Waals surface area contributed by atoms with Crippen molar-refractivity contribution in [1.82, 2.24) is 15.2 Å². The second kappa shape index (κ2) is 9.11. The average molecular weight is 488 g/mol. The van der Waals surface area contributed by atoms with Gasteiger partial charge in [-0.05, 0) is 18.2 Å². The number of rotatable bonds is 5. The number of halogens is 1. The smallest absolute Gasteiger partial charge is 0.255 e. The lowest BCUT2D eigenvalue weighted by Gasteiger charge is -2.23. The highest BCUT2D eigenvalue weighted by atomic mass is 79.9. The lowest BCUT2D eigenvalue weighted by Crippen LogP contribution is -2.47. The molecule has 5 nitrogen and oxygen atoms in total. The quantitative estimate of drug-likeness (QED) is 0.578. The third kappa shape index (κ3) is 4.71. The van der Waals surface area contributed by atoms with E-state index in [9.17, 15) is 9.59 Å². The first-order chi connectivity index (χ1) is 14.1. The minimum atomic E-state index is -0.473. The zero-order valence-corrected chi connectivity index (χ0v) is 18.6. The van der Waals surface area contributed by atoms with Crippen LogP contribution in [-0.4, -0.2) is 39.4 Å². The van der Waals surface area contributed by atoms with Gasteiger partial charge in [0.15, 0.2) is 0 Å². The van der Waals surface area contributed by atoms with E-state index in [4.69, 9.17) is 0 Å². The number of carbonyl (C=O) groups excluding carboxylic acids is 2. The van der Waals surface area contributed by atoms with Crippen LogP contribution in [0.4, 0.5) is 0 Å². The molecule has 1 N–H and O–H groups in total. The van der Waals surface area contributed by atoms with Crippen LogP contribution < -0.4 is 5.32 Å². The number of nitrogens with zero attached hydrogens (tertiary/aromatic N) is 2. The van der Waals surface area contributed by atoms with Gasteiger partial charge in [-0.1, -0.05) is 52.3 Å². The maximum Gasteiger partial charge on any atom is 0.255 e. The third-order valence-electron chi connectivity index (χ3n) is 4.53. The molecule has 0 saturated carbocycles. The molecule has 1 fully saturated rings. The second-order valence-electron chi connectivity index (χ2n) is 6.53. The van der Waals surface area contributed by atoms with E-state index in [1.54, 1.807) is 40.1 Å². The van der Waals surface area contributed by atoms with Crippen molar-refractivity contribution in [2.24, 2.45) is 0 Å². The fraction of sp³-hybridized carbons (Fsp3) is 0.190. The zero-order chi connectivity index (χ0) is 20.2. The molecule has 29 heavy (non-hydrogen) atoms. The van der Waals surface area contributed by atoms with Gasteiger partial charge in [-0.3, -0.25) is 9.59 Å². The summed E-state index contributed by atoms with van der Waals surface area (Å²) in [5.74, 6) is 0.833. The third-order valence-corrected chi connectivity index (χ3v) is 6.98. The van der Waals surface area contributed by atoms with E-state index in [0.717, 1.165) is 20.7 Å². The van der Waals surface area contributed by atoms with Gasteiger partial charge in [-0.2, -0.15) is 0 Å². The van der Waals surface area contributed by atoms with E-state index in [1.807, 2.05) is 47.8 Å². The fourth-order valence-electron chi connectivity index (χ4n) is 3.04. The molecular weight excluding hydrogens is 470 g/mol. The fourth-order valence-corrected chi connectivity index (χ4v) is 5.42. The molecule has 1 atom stereocenters. The topological polar surface area (TPSA) is 62.3 Å². The summed E-state index contributed by atoms with van der Waals surface area (Å²) in [5, 5.41) is 5.83. The van der Waals surface area contributed by atoms with Crippen molar-refractivity contribution < 1.29 is 9.59 Å². The summed E-state index contributed by atoms with van der Waals surface area (Å²) < 4.78 is 0.842. The van der Waals surface area contributed by atoms with Crippen LogP contribution in [0.2, 0.25) is 0 Å². The summed E-state index contributed by atoms with van der Waals surface area (Å²) >= 11 is 6.53. The number of hydrogen-bond acceptors (Lipinski definition) is 5. The Morgan fingerprint density at radius 3 is 2.79 bits per heavy atom. The normalized spacial score (nSPS) is 16.0. The minimum absolute atomic E-state index is 0.128. The maximum atomic E-state index is 12.8. The monoisotopic (exact) mass is 487 g/mol. The molecule has 2 heterocycles. The van der Waals surface area contributed by atoms with Crippen molar-refractivity contribution in [3.63, 3.8) is 0 Å². The maximum absolute atomic E-state index is 12.8. The number of benzene rings is 2. The number of aromatic nitrogens is 1. The molecule has 4 rings (SSSR count). The Hall–Kier alpha value is -2.16. The number of hydrogen-bond donors (Lipinski definition) is 1. The van der Waals surface area contributed by atoms with Crippen molar-refractivity contribution in [1.29, 1.82) is 0 Å². The SMILES string of the molecule is O=C(NCc1csc(-c2ccccc2)n1)[C@H]1CSCN1C(=O)c1cccc(Br)c1. The Kier molecular flexibility index (Phi) is 6.32. The standard InChI is InChI=1S/C21H18BrN3O2S2/c22-16-8-4-7-15(9-16)21(27)25-13-28-12-18(25)19(26)23-10-17-11-29-20(24-17)14-5-2-1-3-6-14/h1-9,11,18H,10,12-13H2,(H,23,26)/t18-/m1/s1. The van der Waals surface area contributed by atoms with Crippen molar-refractivity contribution >= 4 is 50.8 Å². The van der Waals surface area contributed by atoms with Gasteiger partial charge in [0.1, 0.15) is 11.0 Å². The van der Waals surface area contributed by atoms with Crippen LogP contribution in [0.15, 0.2) is 64.5 Å². The van der Waals surface area contributed by atoms with Crippen LogP contribution >= 0.6 is 39.0 Å². The first-order valence-corrected chi connectivity index (χ1v) is 11.9. The largest absolute Gasteiger partial charge is 0.349 e. The Morgan fingerprint density at radius 2 is 2.00 bits per heavy atom. The van der Waals surface area contributed by atoms with Gasteiger partial charge >= 0.3 is 0 Å². The highest BCUT2D eigenvalue weighted by Crippen LogP contribution is 2.25. The summed E-state index contributed by atoms with van der Waals surface area (Å²) in [6.45, 7) is 0.349. The molecule has 0 aliphatic carbocycles. The zero-order valence-electron chi connectivity index (χ0n) is 15.4. The van der Waals surface area contributed by atoms with Gasteiger partial charge in [-0.25, -0.2) is 4.98 Å². The highest BCUT2D eigenvalue weighted by Gasteiger charge is 2.35. The van der Waals surface area contributed by atoms with Crippen LogP contribution in [-0.2, 0) is 11.3 Å². The number of thioether (sulfide) groups is 1. The van der Waals surface area contributed by atoms with Crippen LogP contribution in [0.1, 0.15) is 16.1 Å². The second-order valence-corrected chi connectivity index (χ2v) is 9.30. The van der Waals surface area contributed by atoms with Gasteiger partial charge in [-0.15, -0.1) is 23.1 Å². The number of amides is 2. The first kappa shape index (κ1) is 20.1. The van der Waals surface area contributed by atoms with E-state index < -0.39 is 6.04 Å². The Morgan fingerprint density at radius 1 is 1.17 bits per heavy atom. The van der Waals surface area contributed by atoms with Crippen molar-refractivity contribution in [3.05, 3.63) is 75.7 Å². The highest BCUT2D eigenvalue weighted by molar-refractivity contribution is 9.10. The van der Waals surface area contributed by atoms with Crippen molar-refractivity contribution in [3.8, 4) is 10.6 Å². The molecule has 1 aliphatic rings. The number of thiazole rings is 1. The Bertz CT molecular complexity index is 1030. The van der Waals surface area contributed by atoms with Crippen LogP contribution in [0.3, 0.4) is 0 Å². The summed E-state index contributed by atoms with van der Waals surface area (Å²) in [4.78, 5) is 31.8. The molecule has 3 aromatic rings. The molecule has 1 saturated heterocycles. The average Bonchev–Trinajstić information content (AvgIpc) is 3.42. The van der Waals surface area contributed by atoms with E-state index >= 15 is 0 Å². The van der Waals surface area contributed by atoms with Crippen LogP contribution in [0.5, 0.6) is 0 Å². The lowest BCUT2D eigenvalue weighted by molar-refractivity contribution is -0.124. The lowest BCUT2D eigenvalue weighted by atomic mass is 10.1. The first-order valence-electron chi connectivity index (χ1n) is 9.03. The summed E-state index contributed by atoms with van der Waals surface area (Å²) in [6.07, 6.45) is 0. The molecule has 1 aromatic heterocycles. The van der Waals surface area contributed by atoms with Crippen molar-refractivity contribution in [2.75, 3.05) is 11.6 Å². The molecule has 0 unspecified atom stereocenters. The van der Waals surface area contributed by atoms with Gasteiger partial charge in [0.25, 0.3) is 5.91 Å². The summed E-state index contributed by atoms with van der Waals surface area (Å²) in [5.41, 5.74) is 2.46. The summed E-state index contributed by atoms with van der Waals surface area (Å²) in [7, 11) is 0. The molecule has 2 aromatic carbocycles. The Labute approximate surface area is 185 Å². The van der Waals surface area contributed by atoms with Crippen LogP contribution in [0, 0.1) is 0 Å². The van der Waals surface area contributed by atoms with Gasteiger partial charge < -0.3 is 10.2 Å². The van der Waals surface area contributed by atoms with E-state index in [0.29, 0.717) is 23.7 Å². The molecule has 1 aliphatic heterocycles. The number of carbonyl (C=O) groups is 2. The minimum Gasteiger partial charge on any atom is -0.349 e. The number of nitrogens with one attached hydrogen (secondary N) is 1. The van der Waals surface area contributed by atoms with Gasteiger partial charge in [0, 0.05) is 26.7 Å². The van der Waals surface area contributed by atoms with Gasteiger partial charge in [0.2, 0.25) is 5.91 Å². The molecule has 0 radical (unpaired) electrons. The van der Waals surface area contributed by atoms with Gasteiger partial charge in [0.05, 0.1) is 18.1 Å². The molecule has 0 bridgehead atoms. The van der Waals surface area contributed by atoms with E-state index in [-0.39, 0.29) is 11.8 Å². The predicted molar refractivity (Wildman–Crippen MR) is 121 cm³/mol.